The van der Waals surface area contributed by atoms with E-state index in [4.69, 9.17) is 9.47 Å². The number of benzene rings is 2. The molecule has 0 saturated heterocycles. The zero-order valence-corrected chi connectivity index (χ0v) is 12.6. The second kappa shape index (κ2) is 8.20. The molecule has 0 aromatic heterocycles. The summed E-state index contributed by atoms with van der Waals surface area (Å²) in [7, 11) is 0. The Balaban J connectivity index is 2.04. The van der Waals surface area contributed by atoms with Crippen LogP contribution in [0.5, 0.6) is 5.75 Å². The maximum atomic E-state index is 11.4. The van der Waals surface area contributed by atoms with Crippen LogP contribution in [-0.2, 0) is 22.6 Å². The van der Waals surface area contributed by atoms with Gasteiger partial charge in [-0.3, -0.25) is 0 Å². The lowest BCUT2D eigenvalue weighted by Gasteiger charge is -2.16. The highest BCUT2D eigenvalue weighted by Gasteiger charge is 2.20. The van der Waals surface area contributed by atoms with E-state index in [-0.39, 0.29) is 13.0 Å². The first kappa shape index (κ1) is 16.0. The van der Waals surface area contributed by atoms with Crippen LogP contribution in [-0.4, -0.2) is 23.8 Å². The van der Waals surface area contributed by atoms with Crippen molar-refractivity contribution >= 4 is 5.97 Å². The first-order valence-corrected chi connectivity index (χ1v) is 7.29. The summed E-state index contributed by atoms with van der Waals surface area (Å²) in [5.74, 6) is -0.262. The molecule has 0 aliphatic heterocycles. The van der Waals surface area contributed by atoms with E-state index in [0.717, 1.165) is 11.1 Å². The van der Waals surface area contributed by atoms with Crippen molar-refractivity contribution in [3.05, 3.63) is 65.7 Å². The van der Waals surface area contributed by atoms with E-state index in [0.29, 0.717) is 12.4 Å². The Morgan fingerprint density at radius 2 is 1.77 bits per heavy atom. The molecule has 2 aromatic rings. The van der Waals surface area contributed by atoms with Crippen LogP contribution in [0.3, 0.4) is 0 Å². The Kier molecular flexibility index (Phi) is 5.98. The monoisotopic (exact) mass is 300 g/mol. The highest BCUT2D eigenvalue weighted by atomic mass is 16.5. The van der Waals surface area contributed by atoms with Gasteiger partial charge in [0.05, 0.1) is 13.2 Å². The number of ether oxygens (including phenoxy) is 2. The van der Waals surface area contributed by atoms with Crippen molar-refractivity contribution in [2.75, 3.05) is 6.61 Å². The van der Waals surface area contributed by atoms with E-state index in [1.807, 2.05) is 61.5 Å². The number of hydrogen-bond donors (Lipinski definition) is 1. The first-order chi connectivity index (χ1) is 10.7. The van der Waals surface area contributed by atoms with Crippen LogP contribution < -0.4 is 4.74 Å². The van der Waals surface area contributed by atoms with Crippen molar-refractivity contribution < 1.29 is 19.4 Å². The molecule has 116 valence electrons. The average Bonchev–Trinajstić information content (AvgIpc) is 2.54. The Labute approximate surface area is 130 Å². The van der Waals surface area contributed by atoms with Gasteiger partial charge in [-0.25, -0.2) is 4.79 Å². The topological polar surface area (TPSA) is 55.8 Å². The lowest BCUT2D eigenvalue weighted by molar-refractivity contribution is -0.151. The highest BCUT2D eigenvalue weighted by molar-refractivity contribution is 5.73. The third-order valence-corrected chi connectivity index (χ3v) is 3.25. The van der Waals surface area contributed by atoms with E-state index in [1.165, 1.54) is 0 Å². The number of para-hydroxylation sites is 1. The van der Waals surface area contributed by atoms with E-state index in [1.54, 1.807) is 0 Å². The van der Waals surface area contributed by atoms with Crippen molar-refractivity contribution in [2.24, 2.45) is 0 Å². The van der Waals surface area contributed by atoms with Crippen LogP contribution in [0.15, 0.2) is 54.6 Å². The second-order valence-electron chi connectivity index (χ2n) is 4.87. The molecule has 0 bridgehead atoms. The van der Waals surface area contributed by atoms with E-state index >= 15 is 0 Å². The number of rotatable bonds is 8. The van der Waals surface area contributed by atoms with Crippen molar-refractivity contribution in [1.82, 2.24) is 0 Å². The summed E-state index contributed by atoms with van der Waals surface area (Å²) in [5.41, 5.74) is 1.79. The van der Waals surface area contributed by atoms with Gasteiger partial charge < -0.3 is 14.6 Å². The molecule has 1 N–H and O–H groups in total. The van der Waals surface area contributed by atoms with Gasteiger partial charge in [-0.1, -0.05) is 48.5 Å². The zero-order chi connectivity index (χ0) is 15.8. The van der Waals surface area contributed by atoms with E-state index in [9.17, 15) is 9.90 Å². The van der Waals surface area contributed by atoms with Gasteiger partial charge in [-0.05, 0) is 24.1 Å². The maximum Gasteiger partial charge on any atom is 0.333 e. The minimum absolute atomic E-state index is 0.272. The lowest BCUT2D eigenvalue weighted by atomic mass is 10.1. The minimum Gasteiger partial charge on any atom is -0.494 e. The molecule has 22 heavy (non-hydrogen) atoms. The number of aliphatic carboxylic acids is 1. The number of carboxylic acid groups (broad SMARTS) is 1. The summed E-state index contributed by atoms with van der Waals surface area (Å²) >= 11 is 0. The van der Waals surface area contributed by atoms with Crippen LogP contribution >= 0.6 is 0 Å². The third kappa shape index (κ3) is 4.60. The second-order valence-corrected chi connectivity index (χ2v) is 4.87. The van der Waals surface area contributed by atoms with Gasteiger partial charge in [-0.2, -0.15) is 0 Å². The van der Waals surface area contributed by atoms with Gasteiger partial charge in [0.25, 0.3) is 0 Å². The van der Waals surface area contributed by atoms with Gasteiger partial charge in [0.1, 0.15) is 5.75 Å². The zero-order valence-electron chi connectivity index (χ0n) is 12.6. The van der Waals surface area contributed by atoms with Crippen LogP contribution in [0.1, 0.15) is 18.1 Å². The molecular formula is C18H20O4. The normalized spacial score (nSPS) is 11.9. The molecule has 0 radical (unpaired) electrons. The van der Waals surface area contributed by atoms with Crippen LogP contribution in [0.2, 0.25) is 0 Å². The molecule has 1 atom stereocenters. The summed E-state index contributed by atoms with van der Waals surface area (Å²) in [6.45, 7) is 2.71. The number of carbonyl (C=O) groups is 1. The molecule has 0 spiro atoms. The molecule has 4 nitrogen and oxygen atoms in total. The van der Waals surface area contributed by atoms with Crippen molar-refractivity contribution in [3.8, 4) is 5.75 Å². The predicted octanol–water partition coefficient (Wildman–Crippen LogP) is 3.30. The molecule has 0 amide bonds. The summed E-state index contributed by atoms with van der Waals surface area (Å²) in [5, 5.41) is 9.37. The fourth-order valence-electron chi connectivity index (χ4n) is 2.16. The summed E-state index contributed by atoms with van der Waals surface area (Å²) in [4.78, 5) is 11.4. The van der Waals surface area contributed by atoms with Gasteiger partial charge >= 0.3 is 5.97 Å². The fraction of sp³-hybridized carbons (Fsp3) is 0.278. The van der Waals surface area contributed by atoms with E-state index in [2.05, 4.69) is 0 Å². The van der Waals surface area contributed by atoms with E-state index < -0.39 is 12.1 Å². The summed E-state index contributed by atoms with van der Waals surface area (Å²) < 4.78 is 11.1. The Bertz CT molecular complexity index is 595. The summed E-state index contributed by atoms with van der Waals surface area (Å²) in [6.07, 6.45) is -0.625. The molecule has 2 aromatic carbocycles. The van der Waals surface area contributed by atoms with Gasteiger partial charge in [0.2, 0.25) is 0 Å². The molecule has 0 saturated carbocycles. The smallest absolute Gasteiger partial charge is 0.333 e. The molecule has 0 heterocycles. The quantitative estimate of drug-likeness (QED) is 0.812. The maximum absolute atomic E-state index is 11.4. The largest absolute Gasteiger partial charge is 0.494 e. The Hall–Kier alpha value is -2.33. The SMILES string of the molecule is CCOc1ccccc1C[C@@H](OCc1ccccc1)C(=O)O. The van der Waals surface area contributed by atoms with Gasteiger partial charge in [0, 0.05) is 6.42 Å². The molecule has 0 unspecified atom stereocenters. The molecule has 2 rings (SSSR count). The molecular weight excluding hydrogens is 280 g/mol. The van der Waals surface area contributed by atoms with Crippen molar-refractivity contribution in [2.45, 2.75) is 26.1 Å². The Morgan fingerprint density at radius 3 is 2.45 bits per heavy atom. The van der Waals surface area contributed by atoms with Crippen molar-refractivity contribution in [3.63, 3.8) is 0 Å². The Morgan fingerprint density at radius 1 is 1.09 bits per heavy atom. The number of hydrogen-bond acceptors (Lipinski definition) is 3. The van der Waals surface area contributed by atoms with Crippen LogP contribution in [0.4, 0.5) is 0 Å². The lowest BCUT2D eigenvalue weighted by Crippen LogP contribution is -2.26. The highest BCUT2D eigenvalue weighted by Crippen LogP contribution is 2.21. The fourth-order valence-corrected chi connectivity index (χ4v) is 2.16. The standard InChI is InChI=1S/C18H20O4/c1-2-21-16-11-7-6-10-15(16)12-17(18(19)20)22-13-14-8-4-3-5-9-14/h3-11,17H,2,12-13H2,1H3,(H,19,20)/t17-/m1/s1. The van der Waals surface area contributed by atoms with Crippen LogP contribution in [0.25, 0.3) is 0 Å². The first-order valence-electron chi connectivity index (χ1n) is 7.29. The summed E-state index contributed by atoms with van der Waals surface area (Å²) in [6, 6.07) is 17.0. The predicted molar refractivity (Wildman–Crippen MR) is 84.0 cm³/mol. The third-order valence-electron chi connectivity index (χ3n) is 3.25. The van der Waals surface area contributed by atoms with Crippen molar-refractivity contribution in [1.29, 1.82) is 0 Å². The molecule has 0 fully saturated rings. The molecule has 0 aliphatic rings. The molecule has 0 aliphatic carbocycles. The minimum atomic E-state index is -0.970. The average molecular weight is 300 g/mol. The van der Waals surface area contributed by atoms with Gasteiger partial charge in [0.15, 0.2) is 6.10 Å². The number of carboxylic acids is 1. The van der Waals surface area contributed by atoms with Gasteiger partial charge in [-0.15, -0.1) is 0 Å². The molecule has 4 heteroatoms. The van der Waals surface area contributed by atoms with Crippen LogP contribution in [0, 0.1) is 0 Å².